The molecule has 0 unspecified atom stereocenters. The van der Waals surface area contributed by atoms with Crippen LogP contribution in [-0.4, -0.2) is 16.8 Å². The number of carbonyl (C=O) groups is 1. The largest absolute Gasteiger partial charge is 0.481 e. The quantitative estimate of drug-likeness (QED) is 0.736. The zero-order valence-electron chi connectivity index (χ0n) is 13.6. The van der Waals surface area contributed by atoms with Crippen molar-refractivity contribution < 1.29 is 14.3 Å². The molecule has 0 atom stereocenters. The van der Waals surface area contributed by atoms with Crippen molar-refractivity contribution >= 4 is 17.4 Å². The first-order chi connectivity index (χ1) is 10.3. The van der Waals surface area contributed by atoms with E-state index in [-0.39, 0.29) is 17.7 Å². The lowest BCUT2D eigenvalue weighted by Gasteiger charge is -2.23. The van der Waals surface area contributed by atoms with E-state index in [4.69, 9.17) is 5.11 Å². The lowest BCUT2D eigenvalue weighted by Crippen LogP contribution is -2.24. The van der Waals surface area contributed by atoms with Gasteiger partial charge in [0.05, 0.1) is 5.69 Å². The summed E-state index contributed by atoms with van der Waals surface area (Å²) < 4.78 is 14.3. The second kappa shape index (κ2) is 6.59. The number of aliphatic imine (C=N–C) groups is 1. The molecule has 1 aliphatic rings. The highest BCUT2D eigenvalue weighted by atomic mass is 19.1. The minimum atomic E-state index is -0.749. The van der Waals surface area contributed by atoms with Gasteiger partial charge in [0.25, 0.3) is 0 Å². The van der Waals surface area contributed by atoms with Crippen LogP contribution in [0.2, 0.25) is 0 Å². The van der Waals surface area contributed by atoms with Crippen LogP contribution >= 0.6 is 0 Å². The van der Waals surface area contributed by atoms with Crippen molar-refractivity contribution in [3.63, 3.8) is 0 Å². The number of nitrogens with zero attached hydrogens (tertiary/aromatic N) is 1. The van der Waals surface area contributed by atoms with Gasteiger partial charge in [-0.3, -0.25) is 9.79 Å². The number of hydrogen-bond donors (Lipinski definition) is 1. The van der Waals surface area contributed by atoms with Crippen molar-refractivity contribution in [2.24, 2.45) is 4.99 Å². The molecule has 1 N–H and O–H groups in total. The molecule has 0 spiro atoms. The summed E-state index contributed by atoms with van der Waals surface area (Å²) in [7, 11) is 0. The number of rotatable bonds is 7. The Morgan fingerprint density at radius 3 is 2.59 bits per heavy atom. The van der Waals surface area contributed by atoms with Crippen molar-refractivity contribution in [2.75, 3.05) is 0 Å². The van der Waals surface area contributed by atoms with Crippen LogP contribution in [0.4, 0.5) is 10.1 Å². The first-order valence-electron chi connectivity index (χ1n) is 7.93. The van der Waals surface area contributed by atoms with Crippen LogP contribution in [0.1, 0.15) is 64.0 Å². The Balaban J connectivity index is 2.02. The lowest BCUT2D eigenvalue weighted by atomic mass is 9.78. The van der Waals surface area contributed by atoms with Crippen LogP contribution in [0.25, 0.3) is 0 Å². The van der Waals surface area contributed by atoms with Gasteiger partial charge in [0, 0.05) is 17.5 Å². The summed E-state index contributed by atoms with van der Waals surface area (Å²) >= 11 is 0. The van der Waals surface area contributed by atoms with E-state index in [0.29, 0.717) is 12.8 Å². The van der Waals surface area contributed by atoms with Gasteiger partial charge in [0.15, 0.2) is 0 Å². The van der Waals surface area contributed by atoms with Crippen LogP contribution in [0.5, 0.6) is 0 Å². The molecule has 1 heterocycles. The summed E-state index contributed by atoms with van der Waals surface area (Å²) in [5.41, 5.74) is 3.51. The maximum atomic E-state index is 14.3. The van der Waals surface area contributed by atoms with Gasteiger partial charge in [-0.1, -0.05) is 26.7 Å². The molecule has 1 aromatic rings. The molecule has 1 aliphatic heterocycles. The van der Waals surface area contributed by atoms with Gasteiger partial charge in [-0.15, -0.1) is 0 Å². The third kappa shape index (κ3) is 3.37. The highest BCUT2D eigenvalue weighted by molar-refractivity contribution is 6.00. The normalized spacial score (nSPS) is 15.5. The monoisotopic (exact) mass is 305 g/mol. The first kappa shape index (κ1) is 16.7. The highest BCUT2D eigenvalue weighted by Crippen LogP contribution is 2.43. The van der Waals surface area contributed by atoms with E-state index in [1.807, 2.05) is 6.92 Å². The molecular weight excluding hydrogens is 281 g/mol. The average molecular weight is 305 g/mol. The van der Waals surface area contributed by atoms with E-state index in [1.54, 1.807) is 6.07 Å². The predicted molar refractivity (Wildman–Crippen MR) is 86.6 cm³/mol. The SMILES string of the molecule is CC1=Nc2ccc(F)c(CCCCCCC(=O)O)c2C1(C)C. The van der Waals surface area contributed by atoms with Crippen molar-refractivity contribution in [3.05, 3.63) is 29.1 Å². The van der Waals surface area contributed by atoms with Gasteiger partial charge in [-0.05, 0) is 49.4 Å². The summed E-state index contributed by atoms with van der Waals surface area (Å²) in [6.07, 6.45) is 4.28. The third-order valence-electron chi connectivity index (χ3n) is 4.62. The summed E-state index contributed by atoms with van der Waals surface area (Å²) in [6, 6.07) is 3.27. The molecule has 0 radical (unpaired) electrons. The van der Waals surface area contributed by atoms with Gasteiger partial charge >= 0.3 is 5.97 Å². The van der Waals surface area contributed by atoms with Gasteiger partial charge in [0.1, 0.15) is 5.82 Å². The van der Waals surface area contributed by atoms with E-state index >= 15 is 0 Å². The predicted octanol–water partition coefficient (Wildman–Crippen LogP) is 4.79. The number of unbranched alkanes of at least 4 members (excludes halogenated alkanes) is 3. The number of aliphatic carboxylic acids is 1. The second-order valence-corrected chi connectivity index (χ2v) is 6.55. The topological polar surface area (TPSA) is 49.7 Å². The molecule has 120 valence electrons. The molecular formula is C18H24FNO2. The number of carboxylic acids is 1. The van der Waals surface area contributed by atoms with E-state index in [0.717, 1.165) is 41.8 Å². The Kier molecular flexibility index (Phi) is 4.99. The first-order valence-corrected chi connectivity index (χ1v) is 7.93. The molecule has 2 rings (SSSR count). The highest BCUT2D eigenvalue weighted by Gasteiger charge is 2.35. The lowest BCUT2D eigenvalue weighted by molar-refractivity contribution is -0.137. The maximum Gasteiger partial charge on any atom is 0.303 e. The Morgan fingerprint density at radius 1 is 1.23 bits per heavy atom. The molecule has 0 fully saturated rings. The number of fused-ring (bicyclic) bond motifs is 1. The summed E-state index contributed by atoms with van der Waals surface area (Å²) in [4.78, 5) is 15.0. The van der Waals surface area contributed by atoms with Gasteiger partial charge in [-0.2, -0.15) is 0 Å². The van der Waals surface area contributed by atoms with Crippen molar-refractivity contribution in [2.45, 2.75) is 64.7 Å². The van der Waals surface area contributed by atoms with Gasteiger partial charge in [-0.25, -0.2) is 4.39 Å². The number of halogens is 1. The molecule has 4 heteroatoms. The minimum Gasteiger partial charge on any atom is -0.481 e. The van der Waals surface area contributed by atoms with E-state index in [9.17, 15) is 9.18 Å². The van der Waals surface area contributed by atoms with Crippen LogP contribution in [0.3, 0.4) is 0 Å². The summed E-state index contributed by atoms with van der Waals surface area (Å²) in [6.45, 7) is 6.18. The van der Waals surface area contributed by atoms with E-state index in [2.05, 4.69) is 18.8 Å². The smallest absolute Gasteiger partial charge is 0.303 e. The molecule has 22 heavy (non-hydrogen) atoms. The second-order valence-electron chi connectivity index (χ2n) is 6.55. The van der Waals surface area contributed by atoms with Crippen LogP contribution in [0, 0.1) is 5.82 Å². The van der Waals surface area contributed by atoms with Crippen molar-refractivity contribution in [1.29, 1.82) is 0 Å². The molecule has 0 aromatic heterocycles. The third-order valence-corrected chi connectivity index (χ3v) is 4.62. The standard InChI is InChI=1S/C18H24FNO2/c1-12-18(2,3)17-13(14(19)10-11-15(17)20-12)8-6-4-5-7-9-16(21)22/h10-11H,4-9H2,1-3H3,(H,21,22). The number of benzene rings is 1. The fourth-order valence-electron chi connectivity index (χ4n) is 3.08. The molecule has 0 amide bonds. The Morgan fingerprint density at radius 2 is 1.91 bits per heavy atom. The average Bonchev–Trinajstić information content (AvgIpc) is 2.66. The zero-order chi connectivity index (χ0) is 16.3. The van der Waals surface area contributed by atoms with Gasteiger partial charge < -0.3 is 5.11 Å². The fraction of sp³-hybridized carbons (Fsp3) is 0.556. The molecule has 0 bridgehead atoms. The number of hydrogen-bond acceptors (Lipinski definition) is 2. The van der Waals surface area contributed by atoms with Crippen molar-refractivity contribution in [3.8, 4) is 0 Å². The fourth-order valence-corrected chi connectivity index (χ4v) is 3.08. The van der Waals surface area contributed by atoms with Crippen molar-refractivity contribution in [1.82, 2.24) is 0 Å². The Bertz CT molecular complexity index is 605. The molecule has 3 nitrogen and oxygen atoms in total. The number of carboxylic acid groups (broad SMARTS) is 1. The van der Waals surface area contributed by atoms with Crippen LogP contribution < -0.4 is 0 Å². The summed E-state index contributed by atoms with van der Waals surface area (Å²) in [5.74, 6) is -0.899. The summed E-state index contributed by atoms with van der Waals surface area (Å²) in [5, 5.41) is 8.61. The zero-order valence-corrected chi connectivity index (χ0v) is 13.6. The maximum absolute atomic E-state index is 14.3. The molecule has 0 aliphatic carbocycles. The molecule has 0 saturated heterocycles. The van der Waals surface area contributed by atoms with E-state index in [1.165, 1.54) is 6.07 Å². The molecule has 0 saturated carbocycles. The minimum absolute atomic E-state index is 0.151. The Labute approximate surface area is 131 Å². The van der Waals surface area contributed by atoms with E-state index < -0.39 is 5.97 Å². The van der Waals surface area contributed by atoms with Crippen LogP contribution in [-0.2, 0) is 16.6 Å². The van der Waals surface area contributed by atoms with Crippen LogP contribution in [0.15, 0.2) is 17.1 Å². The molecule has 1 aromatic carbocycles. The van der Waals surface area contributed by atoms with Gasteiger partial charge in [0.2, 0.25) is 0 Å². The Hall–Kier alpha value is -1.71.